The second-order valence-electron chi connectivity index (χ2n) is 1.06. The van der Waals surface area contributed by atoms with E-state index >= 15 is 0 Å². The summed E-state index contributed by atoms with van der Waals surface area (Å²) in [5.41, 5.74) is 0. The van der Waals surface area contributed by atoms with Crippen molar-refractivity contribution in [1.82, 2.24) is 0 Å². The first-order valence-electron chi connectivity index (χ1n) is 1.78. The molecule has 0 aliphatic heterocycles. The van der Waals surface area contributed by atoms with Crippen molar-refractivity contribution in [2.24, 2.45) is 5.90 Å². The third-order valence-electron chi connectivity index (χ3n) is 0.427. The van der Waals surface area contributed by atoms with Crippen LogP contribution in [0, 0.1) is 0 Å². The Bertz CT molecular complexity index is 114. The quantitative estimate of drug-likeness (QED) is 0.498. The van der Waals surface area contributed by atoms with Crippen LogP contribution in [-0.4, -0.2) is 17.0 Å². The molecule has 0 saturated carbocycles. The smallest absolute Gasteiger partial charge is 0.335 e. The molecule has 0 bridgehead atoms. The minimum absolute atomic E-state index is 0. The Hall–Kier alpha value is -0.412. The second-order valence-corrected chi connectivity index (χ2v) is 1.06. The fraction of sp³-hybridized carbons (Fsp3) is 0.333. The molecular formula is C3H5NO4Pt. The van der Waals surface area contributed by atoms with Crippen molar-refractivity contribution < 1.29 is 40.6 Å². The van der Waals surface area contributed by atoms with Gasteiger partial charge in [0.15, 0.2) is 0 Å². The summed E-state index contributed by atoms with van der Waals surface area (Å²) >= 11 is 0. The molecule has 0 heterocycles. The third kappa shape index (κ3) is 7.59. The van der Waals surface area contributed by atoms with Gasteiger partial charge in [-0.15, -0.1) is 0 Å². The van der Waals surface area contributed by atoms with Crippen molar-refractivity contribution in [3.63, 3.8) is 0 Å². The molecule has 5 nitrogen and oxygen atoms in total. The predicted molar refractivity (Wildman–Crippen MR) is 22.5 cm³/mol. The molecule has 0 rings (SSSR count). The molecule has 6 heteroatoms. The summed E-state index contributed by atoms with van der Waals surface area (Å²) in [4.78, 5) is 23.0. The molecule has 0 aromatic rings. The maximum atomic E-state index is 9.89. The molecule has 0 unspecified atom stereocenters. The Kier molecular flexibility index (Phi) is 7.24. The first kappa shape index (κ1) is 11.4. The van der Waals surface area contributed by atoms with Crippen LogP contribution in [0.2, 0.25) is 0 Å². The molecule has 0 aromatic heterocycles. The monoisotopic (exact) mass is 314 g/mol. The van der Waals surface area contributed by atoms with Gasteiger partial charge < -0.3 is 9.94 Å². The fourth-order valence-electron chi connectivity index (χ4n) is 0.165. The van der Waals surface area contributed by atoms with E-state index in [2.05, 4.69) is 10.7 Å². The fourth-order valence-corrected chi connectivity index (χ4v) is 0.165. The SMILES string of the molecule is NOC(=O)CC(=O)O.[Pt]. The third-order valence-corrected chi connectivity index (χ3v) is 0.427. The van der Waals surface area contributed by atoms with Crippen LogP contribution in [0.5, 0.6) is 0 Å². The van der Waals surface area contributed by atoms with E-state index in [9.17, 15) is 9.59 Å². The molecule has 9 heavy (non-hydrogen) atoms. The summed E-state index contributed by atoms with van der Waals surface area (Å²) in [6.45, 7) is 0. The average molecular weight is 314 g/mol. The number of hydrogen-bond donors (Lipinski definition) is 2. The van der Waals surface area contributed by atoms with E-state index in [1.165, 1.54) is 0 Å². The first-order valence-corrected chi connectivity index (χ1v) is 1.78. The van der Waals surface area contributed by atoms with Gasteiger partial charge in [-0.05, 0) is 0 Å². The molecule has 0 atom stereocenters. The van der Waals surface area contributed by atoms with Gasteiger partial charge in [-0.25, -0.2) is 4.79 Å². The largest absolute Gasteiger partial charge is 0.481 e. The zero-order valence-corrected chi connectivity index (χ0v) is 6.54. The van der Waals surface area contributed by atoms with Crippen molar-refractivity contribution in [2.45, 2.75) is 6.42 Å². The summed E-state index contributed by atoms with van der Waals surface area (Å²) < 4.78 is 0. The van der Waals surface area contributed by atoms with Gasteiger partial charge in [-0.3, -0.25) is 4.79 Å². The van der Waals surface area contributed by atoms with Crippen LogP contribution in [-0.2, 0) is 35.5 Å². The van der Waals surface area contributed by atoms with Gasteiger partial charge in [0.25, 0.3) is 0 Å². The second kappa shape index (κ2) is 5.72. The number of hydrogen-bond acceptors (Lipinski definition) is 4. The molecule has 0 saturated heterocycles. The van der Waals surface area contributed by atoms with E-state index in [0.29, 0.717) is 0 Å². The molecule has 0 fully saturated rings. The number of aliphatic carboxylic acids is 1. The number of carboxylic acid groups (broad SMARTS) is 1. The summed E-state index contributed by atoms with van der Waals surface area (Å²) in [5, 5.41) is 7.86. The number of carbonyl (C=O) groups is 2. The Morgan fingerprint density at radius 3 is 2.11 bits per heavy atom. The van der Waals surface area contributed by atoms with Crippen LogP contribution in [0.1, 0.15) is 6.42 Å². The molecule has 0 radical (unpaired) electrons. The standard InChI is InChI=1S/C3H5NO4.Pt/c4-8-3(7)1-2(5)6;/h1,4H2,(H,5,6);. The van der Waals surface area contributed by atoms with E-state index in [1.807, 2.05) is 0 Å². The molecule has 0 aliphatic rings. The summed E-state index contributed by atoms with van der Waals surface area (Å²) in [5.74, 6) is 2.11. The minimum Gasteiger partial charge on any atom is -0.481 e. The van der Waals surface area contributed by atoms with Crippen molar-refractivity contribution in [3.8, 4) is 0 Å². The topological polar surface area (TPSA) is 89.6 Å². The van der Waals surface area contributed by atoms with Gasteiger partial charge in [0.1, 0.15) is 6.42 Å². The van der Waals surface area contributed by atoms with Gasteiger partial charge in [0.05, 0.1) is 0 Å². The first-order chi connectivity index (χ1) is 3.66. The van der Waals surface area contributed by atoms with Crippen molar-refractivity contribution >= 4 is 11.9 Å². The van der Waals surface area contributed by atoms with Gasteiger partial charge in [-0.2, -0.15) is 5.90 Å². The average Bonchev–Trinajstić information content (AvgIpc) is 1.65. The molecule has 3 N–H and O–H groups in total. The normalized spacial score (nSPS) is 7.22. The van der Waals surface area contributed by atoms with Gasteiger partial charge in [0.2, 0.25) is 0 Å². The van der Waals surface area contributed by atoms with Crippen LogP contribution in [0.4, 0.5) is 0 Å². The minimum atomic E-state index is -1.25. The Morgan fingerprint density at radius 2 is 2.00 bits per heavy atom. The maximum absolute atomic E-state index is 9.89. The van der Waals surface area contributed by atoms with Gasteiger partial charge in [0, 0.05) is 21.1 Å². The van der Waals surface area contributed by atoms with Crippen LogP contribution in [0.3, 0.4) is 0 Å². The molecule has 56 valence electrons. The Balaban J connectivity index is 0. The van der Waals surface area contributed by atoms with Crippen LogP contribution in [0.15, 0.2) is 0 Å². The van der Waals surface area contributed by atoms with E-state index in [-0.39, 0.29) is 21.1 Å². The van der Waals surface area contributed by atoms with E-state index in [0.717, 1.165) is 0 Å². The summed E-state index contributed by atoms with van der Waals surface area (Å²) in [7, 11) is 0. The van der Waals surface area contributed by atoms with E-state index < -0.39 is 18.4 Å². The predicted octanol–water partition coefficient (Wildman–Crippen LogP) is -1.12. The van der Waals surface area contributed by atoms with Crippen molar-refractivity contribution in [2.75, 3.05) is 0 Å². The summed E-state index contributed by atoms with van der Waals surface area (Å²) in [6.07, 6.45) is -0.684. The van der Waals surface area contributed by atoms with Crippen molar-refractivity contribution in [1.29, 1.82) is 0 Å². The molecule has 0 amide bonds. The number of carboxylic acids is 1. The number of nitrogens with two attached hydrogens (primary N) is 1. The molecular weight excluding hydrogens is 309 g/mol. The maximum Gasteiger partial charge on any atom is 0.335 e. The Morgan fingerprint density at radius 1 is 1.56 bits per heavy atom. The zero-order chi connectivity index (χ0) is 6.57. The van der Waals surface area contributed by atoms with Crippen LogP contribution in [0.25, 0.3) is 0 Å². The van der Waals surface area contributed by atoms with Crippen molar-refractivity contribution in [3.05, 3.63) is 0 Å². The Labute approximate surface area is 65.4 Å². The summed E-state index contributed by atoms with van der Waals surface area (Å²) in [6, 6.07) is 0. The molecule has 0 aromatic carbocycles. The van der Waals surface area contributed by atoms with E-state index in [1.54, 1.807) is 0 Å². The van der Waals surface area contributed by atoms with Crippen LogP contribution >= 0.6 is 0 Å². The molecule has 0 aliphatic carbocycles. The number of rotatable bonds is 2. The molecule has 0 spiro atoms. The van der Waals surface area contributed by atoms with Crippen LogP contribution < -0.4 is 5.90 Å². The van der Waals surface area contributed by atoms with Gasteiger partial charge >= 0.3 is 11.9 Å². The number of carbonyl (C=O) groups excluding carboxylic acids is 1. The van der Waals surface area contributed by atoms with E-state index in [4.69, 9.17) is 5.11 Å². The zero-order valence-electron chi connectivity index (χ0n) is 4.27. The van der Waals surface area contributed by atoms with Gasteiger partial charge in [-0.1, -0.05) is 0 Å².